The molecule has 0 aliphatic heterocycles. The van der Waals surface area contributed by atoms with E-state index in [-0.39, 0.29) is 0 Å². The predicted octanol–water partition coefficient (Wildman–Crippen LogP) is 3.97. The molecule has 0 fully saturated rings. The van der Waals surface area contributed by atoms with Crippen LogP contribution in [0.4, 0.5) is 0 Å². The molecule has 0 saturated carbocycles. The normalized spacial score (nSPS) is 10.9. The fourth-order valence-electron chi connectivity index (χ4n) is 0.506. The second-order valence-corrected chi connectivity index (χ2v) is 22.7. The van der Waals surface area contributed by atoms with Gasteiger partial charge in [-0.25, -0.2) is 0 Å². The molecule has 0 heterocycles. The van der Waals surface area contributed by atoms with Crippen molar-refractivity contribution in [1.82, 2.24) is 0 Å². The predicted molar refractivity (Wildman–Crippen MR) is 47.9 cm³/mol. The van der Waals surface area contributed by atoms with Crippen LogP contribution in [0.2, 0.25) is 9.45 Å². The topological polar surface area (TPSA) is 0 Å². The zero-order valence-corrected chi connectivity index (χ0v) is 9.97. The standard InChI is InChI=1S/2C3H5.2BrH.Ti/c2*1-3-2;;;/h2*3H,1-2H2;2*1H;/q;;;;+2/p-2. The van der Waals surface area contributed by atoms with E-state index in [2.05, 4.69) is 39.5 Å². The molecular weight excluding hydrogens is 280 g/mol. The van der Waals surface area contributed by atoms with Crippen molar-refractivity contribution in [2.45, 2.75) is 9.45 Å². The van der Waals surface area contributed by atoms with Crippen LogP contribution >= 0.6 is 26.3 Å². The monoisotopic (exact) mass is 288 g/mol. The van der Waals surface area contributed by atoms with Gasteiger partial charge < -0.3 is 0 Å². The molecule has 0 aromatic heterocycles. The summed E-state index contributed by atoms with van der Waals surface area (Å²) < 4.78 is 2.18. The molecule has 0 unspecified atom stereocenters. The SMILES string of the molecule is C=C[CH2][Ti]([Br])([Br])[CH2]C=C. The molecule has 0 N–H and O–H groups in total. The molecule has 0 nitrogen and oxygen atoms in total. The van der Waals surface area contributed by atoms with Gasteiger partial charge in [-0.05, 0) is 0 Å². The Morgan fingerprint density at radius 3 is 1.67 bits per heavy atom. The van der Waals surface area contributed by atoms with E-state index in [4.69, 9.17) is 0 Å². The summed E-state index contributed by atoms with van der Waals surface area (Å²) in [6, 6.07) is 0. The minimum atomic E-state index is -1.77. The maximum absolute atomic E-state index is 3.68. The molecule has 52 valence electrons. The van der Waals surface area contributed by atoms with Gasteiger partial charge in [0.2, 0.25) is 0 Å². The van der Waals surface area contributed by atoms with Gasteiger partial charge in [0, 0.05) is 0 Å². The van der Waals surface area contributed by atoms with Gasteiger partial charge in [0.1, 0.15) is 0 Å². The molecule has 0 radical (unpaired) electrons. The summed E-state index contributed by atoms with van der Waals surface area (Å²) in [5, 5.41) is 0. The van der Waals surface area contributed by atoms with Gasteiger partial charge in [-0.1, -0.05) is 0 Å². The fraction of sp³-hybridized carbons (Fsp3) is 0.333. The van der Waals surface area contributed by atoms with E-state index in [0.29, 0.717) is 0 Å². The van der Waals surface area contributed by atoms with Crippen molar-refractivity contribution in [3.05, 3.63) is 25.3 Å². The molecule has 9 heavy (non-hydrogen) atoms. The van der Waals surface area contributed by atoms with Crippen molar-refractivity contribution < 1.29 is 12.4 Å². The number of halogens is 2. The quantitative estimate of drug-likeness (QED) is 0.543. The van der Waals surface area contributed by atoms with E-state index in [1.54, 1.807) is 0 Å². The second-order valence-electron chi connectivity index (χ2n) is 1.84. The Hall–Kier alpha value is 1.15. The Labute approximate surface area is 72.9 Å². The Morgan fingerprint density at radius 1 is 1.11 bits per heavy atom. The Morgan fingerprint density at radius 2 is 1.44 bits per heavy atom. The van der Waals surface area contributed by atoms with Crippen molar-refractivity contribution in [2.24, 2.45) is 0 Å². The molecule has 0 aromatic carbocycles. The maximum atomic E-state index is 3.68. The zero-order valence-electron chi connectivity index (χ0n) is 5.24. The van der Waals surface area contributed by atoms with Crippen molar-refractivity contribution in [1.29, 1.82) is 0 Å². The third-order valence-electron chi connectivity index (χ3n) is 0.886. The third kappa shape index (κ3) is 5.59. The van der Waals surface area contributed by atoms with Crippen LogP contribution in [0.1, 0.15) is 0 Å². The first kappa shape index (κ1) is 10.2. The summed E-state index contributed by atoms with van der Waals surface area (Å²) in [4.78, 5) is 0. The third-order valence-corrected chi connectivity index (χ3v) is 8.99. The summed E-state index contributed by atoms with van der Waals surface area (Å²) >= 11 is 5.56. The summed E-state index contributed by atoms with van der Waals surface area (Å²) in [6.07, 6.45) is 3.90. The number of hydrogen-bond acceptors (Lipinski definition) is 0. The van der Waals surface area contributed by atoms with E-state index >= 15 is 0 Å². The first-order chi connectivity index (χ1) is 4.12. The van der Waals surface area contributed by atoms with E-state index < -0.39 is 12.4 Å². The summed E-state index contributed by atoms with van der Waals surface area (Å²) in [7, 11) is 0. The van der Waals surface area contributed by atoms with Crippen LogP contribution in [0.5, 0.6) is 0 Å². The second kappa shape index (κ2) is 4.89. The van der Waals surface area contributed by atoms with Gasteiger partial charge in [-0.2, -0.15) is 0 Å². The molecule has 0 aromatic rings. The summed E-state index contributed by atoms with van der Waals surface area (Å²) in [5.74, 6) is 0. The van der Waals surface area contributed by atoms with Crippen LogP contribution < -0.4 is 0 Å². The first-order valence-electron chi connectivity index (χ1n) is 2.72. The van der Waals surface area contributed by atoms with E-state index in [0.717, 1.165) is 9.45 Å². The van der Waals surface area contributed by atoms with Crippen LogP contribution in [-0.4, -0.2) is 0 Å². The van der Waals surface area contributed by atoms with Crippen molar-refractivity contribution in [3.63, 3.8) is 0 Å². The number of allylic oxidation sites excluding steroid dienone is 2. The Bertz CT molecular complexity index is 97.6. The molecule has 0 spiro atoms. The van der Waals surface area contributed by atoms with Crippen LogP contribution in [0, 0.1) is 0 Å². The molecule has 3 heteroatoms. The molecule has 0 atom stereocenters. The Balaban J connectivity index is 3.68. The van der Waals surface area contributed by atoms with Gasteiger partial charge in [-0.15, -0.1) is 0 Å². The van der Waals surface area contributed by atoms with Gasteiger partial charge in [0.05, 0.1) is 0 Å². The molecule has 0 amide bonds. The average Bonchev–Trinajstić information content (AvgIpc) is 1.64. The van der Waals surface area contributed by atoms with Gasteiger partial charge >= 0.3 is 73.5 Å². The van der Waals surface area contributed by atoms with E-state index in [1.807, 2.05) is 12.2 Å². The minimum absolute atomic E-state index is 1.09. The fourth-order valence-corrected chi connectivity index (χ4v) is 5.86. The van der Waals surface area contributed by atoms with Crippen LogP contribution in [-0.2, 0) is 12.4 Å². The zero-order chi connectivity index (χ0) is 7.33. The van der Waals surface area contributed by atoms with Crippen molar-refractivity contribution >= 4 is 26.3 Å². The molecule has 0 saturated heterocycles. The van der Waals surface area contributed by atoms with E-state index in [1.165, 1.54) is 0 Å². The average molecular weight is 290 g/mol. The molecule has 0 bridgehead atoms. The van der Waals surface area contributed by atoms with Gasteiger partial charge in [0.15, 0.2) is 0 Å². The van der Waals surface area contributed by atoms with Gasteiger partial charge in [-0.3, -0.25) is 0 Å². The molecule has 0 rings (SSSR count). The first-order valence-corrected chi connectivity index (χ1v) is 12.6. The summed E-state index contributed by atoms with van der Waals surface area (Å²) in [5.41, 5.74) is 0. The van der Waals surface area contributed by atoms with Crippen LogP contribution in [0.3, 0.4) is 0 Å². The van der Waals surface area contributed by atoms with Crippen molar-refractivity contribution in [2.75, 3.05) is 0 Å². The molecule has 0 aliphatic carbocycles. The Kier molecular flexibility index (Phi) is 5.52. The van der Waals surface area contributed by atoms with Crippen LogP contribution in [0.25, 0.3) is 0 Å². The number of hydrogen-bond donors (Lipinski definition) is 0. The van der Waals surface area contributed by atoms with Crippen molar-refractivity contribution in [3.8, 4) is 0 Å². The van der Waals surface area contributed by atoms with E-state index in [9.17, 15) is 0 Å². The van der Waals surface area contributed by atoms with Gasteiger partial charge in [0.25, 0.3) is 0 Å². The molecule has 0 aliphatic rings. The molecular formula is C6H10Br2Ti. The number of rotatable bonds is 4. The summed E-state index contributed by atoms with van der Waals surface area (Å²) in [6.45, 7) is 7.36. The van der Waals surface area contributed by atoms with Crippen LogP contribution in [0.15, 0.2) is 25.3 Å².